The largest absolute Gasteiger partial charge is 0.469 e. The van der Waals surface area contributed by atoms with Crippen LogP contribution >= 0.6 is 0 Å². The fourth-order valence-corrected chi connectivity index (χ4v) is 5.26. The van der Waals surface area contributed by atoms with E-state index < -0.39 is 8.07 Å². The van der Waals surface area contributed by atoms with Gasteiger partial charge in [-0.25, -0.2) is 0 Å². The van der Waals surface area contributed by atoms with Crippen LogP contribution in [0.2, 0.25) is 18.1 Å². The first kappa shape index (κ1) is 27.0. The van der Waals surface area contributed by atoms with Crippen molar-refractivity contribution in [2.75, 3.05) is 0 Å². The molecule has 0 spiro atoms. The molecule has 4 heteroatoms. The molecule has 0 saturated carbocycles. The van der Waals surface area contributed by atoms with Gasteiger partial charge in [0.2, 0.25) is 0 Å². The lowest BCUT2D eigenvalue weighted by molar-refractivity contribution is -0.147. The highest BCUT2D eigenvalue weighted by Crippen LogP contribution is 2.38. The molecule has 0 saturated heterocycles. The molecule has 1 aromatic heterocycles. The highest BCUT2D eigenvalue weighted by atomic mass is 28.3. The fraction of sp³-hybridized carbons (Fsp3) is 0.808. The number of furan rings is 1. The van der Waals surface area contributed by atoms with Gasteiger partial charge in [-0.1, -0.05) is 98.6 Å². The summed E-state index contributed by atoms with van der Waals surface area (Å²) in [6, 6.07) is 3.14. The Morgan fingerprint density at radius 1 is 1.00 bits per heavy atom. The minimum Gasteiger partial charge on any atom is -0.469 e. The van der Waals surface area contributed by atoms with Crippen LogP contribution in [0.3, 0.4) is 0 Å². The Hall–Kier alpha value is -1.03. The molecule has 0 aliphatic carbocycles. The van der Waals surface area contributed by atoms with Crippen LogP contribution in [-0.2, 0) is 15.6 Å². The third-order valence-corrected chi connectivity index (χ3v) is 12.1. The van der Waals surface area contributed by atoms with Crippen LogP contribution in [0, 0.1) is 0 Å². The Kier molecular flexibility index (Phi) is 12.1. The highest BCUT2D eigenvalue weighted by Gasteiger charge is 2.36. The van der Waals surface area contributed by atoms with E-state index in [1.807, 2.05) is 6.26 Å². The van der Waals surface area contributed by atoms with Gasteiger partial charge in [0.15, 0.2) is 0 Å². The highest BCUT2D eigenvalue weighted by molar-refractivity contribution is 6.79. The van der Waals surface area contributed by atoms with Crippen LogP contribution in [0.4, 0.5) is 0 Å². The number of hydrogen-bond donors (Lipinski definition) is 0. The molecule has 0 amide bonds. The molecule has 1 rings (SSSR count). The molecule has 1 atom stereocenters. The molecule has 0 fully saturated rings. The lowest BCUT2D eigenvalue weighted by Crippen LogP contribution is -2.39. The Labute approximate surface area is 187 Å². The van der Waals surface area contributed by atoms with Crippen molar-refractivity contribution in [3.8, 4) is 0 Å². The van der Waals surface area contributed by atoms with Crippen molar-refractivity contribution in [3.05, 3.63) is 23.7 Å². The van der Waals surface area contributed by atoms with E-state index >= 15 is 0 Å². The van der Waals surface area contributed by atoms with Gasteiger partial charge in [-0.15, -0.1) is 0 Å². The normalized spacial score (nSPS) is 13.4. The molecular formula is C26H48O3Si. The van der Waals surface area contributed by atoms with E-state index in [0.29, 0.717) is 5.04 Å². The molecule has 0 aromatic carbocycles. The summed E-state index contributed by atoms with van der Waals surface area (Å²) in [6.07, 6.45) is 15.6. The van der Waals surface area contributed by atoms with Gasteiger partial charge in [-0.2, -0.15) is 0 Å². The molecule has 1 heterocycles. The van der Waals surface area contributed by atoms with E-state index in [9.17, 15) is 4.79 Å². The van der Waals surface area contributed by atoms with Crippen LogP contribution in [-0.4, -0.2) is 14.0 Å². The molecule has 0 aliphatic rings. The zero-order valence-corrected chi connectivity index (χ0v) is 21.9. The van der Waals surface area contributed by atoms with E-state index in [1.165, 1.54) is 64.7 Å². The maximum absolute atomic E-state index is 11.6. The minimum atomic E-state index is -1.46. The van der Waals surface area contributed by atoms with Gasteiger partial charge in [-0.3, -0.25) is 4.79 Å². The average molecular weight is 437 g/mol. The maximum Gasteiger partial charge on any atom is 0.303 e. The molecule has 0 radical (unpaired) electrons. The van der Waals surface area contributed by atoms with E-state index in [-0.39, 0.29) is 12.1 Å². The standard InChI is InChI=1S/C26H48O3Si/c1-8-9-10-11-12-13-14-15-16-17-18-25(29-22(2)27)23-19-24(28-20-23)21-30(6,7)26(3,4)5/h19-20,25H,8-18,21H2,1-7H3. The van der Waals surface area contributed by atoms with Crippen molar-refractivity contribution in [3.63, 3.8) is 0 Å². The smallest absolute Gasteiger partial charge is 0.303 e. The number of unbranched alkanes of at least 4 members (excludes halogenated alkanes) is 9. The van der Waals surface area contributed by atoms with Gasteiger partial charge in [0.1, 0.15) is 11.9 Å². The quantitative estimate of drug-likeness (QED) is 0.157. The summed E-state index contributed by atoms with van der Waals surface area (Å²) in [6.45, 7) is 15.6. The van der Waals surface area contributed by atoms with Gasteiger partial charge in [-0.05, 0) is 23.9 Å². The topological polar surface area (TPSA) is 39.4 Å². The summed E-state index contributed by atoms with van der Waals surface area (Å²) < 4.78 is 11.5. The van der Waals surface area contributed by atoms with Gasteiger partial charge in [0.25, 0.3) is 0 Å². The predicted octanol–water partition coefficient (Wildman–Crippen LogP) is 8.79. The van der Waals surface area contributed by atoms with E-state index in [1.54, 1.807) is 0 Å². The Bertz CT molecular complexity index is 598. The summed E-state index contributed by atoms with van der Waals surface area (Å²) in [5, 5.41) is 0.325. The molecule has 1 aromatic rings. The first-order valence-corrected chi connectivity index (χ1v) is 15.5. The Morgan fingerprint density at radius 2 is 1.53 bits per heavy atom. The summed E-state index contributed by atoms with van der Waals surface area (Å²) in [4.78, 5) is 11.6. The second kappa shape index (κ2) is 13.4. The van der Waals surface area contributed by atoms with E-state index in [4.69, 9.17) is 9.15 Å². The average Bonchev–Trinajstić information content (AvgIpc) is 3.08. The summed E-state index contributed by atoms with van der Waals surface area (Å²) in [5.41, 5.74) is 1.02. The zero-order chi connectivity index (χ0) is 22.6. The third kappa shape index (κ3) is 10.3. The second-order valence-corrected chi connectivity index (χ2v) is 16.3. The molecule has 3 nitrogen and oxygen atoms in total. The number of carbonyl (C=O) groups excluding carboxylic acids is 1. The van der Waals surface area contributed by atoms with Gasteiger partial charge in [0.05, 0.1) is 14.3 Å². The van der Waals surface area contributed by atoms with Crippen LogP contribution in [0.25, 0.3) is 0 Å². The number of esters is 1. The van der Waals surface area contributed by atoms with Crippen LogP contribution in [0.5, 0.6) is 0 Å². The summed E-state index contributed by atoms with van der Waals surface area (Å²) in [7, 11) is -1.46. The second-order valence-electron chi connectivity index (χ2n) is 10.7. The van der Waals surface area contributed by atoms with Crippen molar-refractivity contribution in [2.24, 2.45) is 0 Å². The van der Waals surface area contributed by atoms with Crippen molar-refractivity contribution >= 4 is 14.0 Å². The molecule has 0 N–H and O–H groups in total. The van der Waals surface area contributed by atoms with E-state index in [2.05, 4.69) is 46.9 Å². The molecule has 30 heavy (non-hydrogen) atoms. The van der Waals surface area contributed by atoms with Gasteiger partial charge in [0, 0.05) is 18.5 Å². The molecule has 1 unspecified atom stereocenters. The number of ether oxygens (including phenoxy) is 1. The lowest BCUT2D eigenvalue weighted by atomic mass is 10.0. The molecule has 0 aliphatic heterocycles. The fourth-order valence-electron chi connectivity index (χ4n) is 3.67. The first-order chi connectivity index (χ1) is 14.1. The molecular weight excluding hydrogens is 388 g/mol. The van der Waals surface area contributed by atoms with Crippen molar-refractivity contribution in [1.82, 2.24) is 0 Å². The summed E-state index contributed by atoms with van der Waals surface area (Å²) in [5.74, 6) is 0.830. The summed E-state index contributed by atoms with van der Waals surface area (Å²) >= 11 is 0. The van der Waals surface area contributed by atoms with Crippen LogP contribution in [0.1, 0.15) is 123 Å². The monoisotopic (exact) mass is 436 g/mol. The predicted molar refractivity (Wildman–Crippen MR) is 131 cm³/mol. The number of hydrogen-bond acceptors (Lipinski definition) is 3. The minimum absolute atomic E-state index is 0.173. The van der Waals surface area contributed by atoms with Crippen molar-refractivity contribution in [1.29, 1.82) is 0 Å². The van der Waals surface area contributed by atoms with Gasteiger partial charge >= 0.3 is 5.97 Å². The number of rotatable bonds is 15. The first-order valence-electron chi connectivity index (χ1n) is 12.3. The molecule has 174 valence electrons. The van der Waals surface area contributed by atoms with Gasteiger partial charge < -0.3 is 9.15 Å². The van der Waals surface area contributed by atoms with E-state index in [0.717, 1.165) is 30.2 Å². The Balaban J connectivity index is 2.45. The van der Waals surface area contributed by atoms with Crippen molar-refractivity contribution in [2.45, 2.75) is 136 Å². The SMILES string of the molecule is CCCCCCCCCCCCC(OC(C)=O)c1coc(C[Si](C)(C)C(C)(C)C)c1. The maximum atomic E-state index is 11.6. The molecule has 0 bridgehead atoms. The Morgan fingerprint density at radius 3 is 2.03 bits per heavy atom. The van der Waals surface area contributed by atoms with Crippen LogP contribution < -0.4 is 0 Å². The third-order valence-electron chi connectivity index (χ3n) is 6.82. The number of carbonyl (C=O) groups is 1. The lowest BCUT2D eigenvalue weighted by Gasteiger charge is -2.36. The van der Waals surface area contributed by atoms with Crippen LogP contribution in [0.15, 0.2) is 16.7 Å². The zero-order valence-electron chi connectivity index (χ0n) is 20.9. The van der Waals surface area contributed by atoms with Crippen molar-refractivity contribution < 1.29 is 13.9 Å².